The summed E-state index contributed by atoms with van der Waals surface area (Å²) in [5.74, 6) is -0.300. The summed E-state index contributed by atoms with van der Waals surface area (Å²) in [6, 6.07) is 17.1. The minimum Gasteiger partial charge on any atom is -0.322 e. The highest BCUT2D eigenvalue weighted by Crippen LogP contribution is 2.31. The molecule has 0 saturated heterocycles. The van der Waals surface area contributed by atoms with Gasteiger partial charge in [-0.25, -0.2) is 0 Å². The first kappa shape index (κ1) is 19.9. The van der Waals surface area contributed by atoms with Gasteiger partial charge in [-0.1, -0.05) is 18.7 Å². The van der Waals surface area contributed by atoms with E-state index in [2.05, 4.69) is 34.4 Å². The van der Waals surface area contributed by atoms with Gasteiger partial charge in [-0.05, 0) is 76.8 Å². The summed E-state index contributed by atoms with van der Waals surface area (Å²) in [5, 5.41) is 8.71. The Labute approximate surface area is 188 Å². The van der Waals surface area contributed by atoms with Crippen LogP contribution in [0.2, 0.25) is 0 Å². The third-order valence-corrected chi connectivity index (χ3v) is 6.18. The number of hydrogen-bond donors (Lipinski definition) is 1. The molecule has 1 N–H and O–H groups in total. The summed E-state index contributed by atoms with van der Waals surface area (Å²) in [6.45, 7) is 5.42. The van der Waals surface area contributed by atoms with Crippen LogP contribution in [0.5, 0.6) is 0 Å². The standard InChI is InChI=1S/C26H19N3O2S/c1-3-24(30)28-23-13-20(7-4-16(23)2)29-25(31)9-6-18-14-27-22-8-5-17(12-21(22)26(18)29)19-10-11-32-15-19/h3-15H,1H2,2H3,(H,28,30). The van der Waals surface area contributed by atoms with E-state index in [4.69, 9.17) is 0 Å². The van der Waals surface area contributed by atoms with E-state index in [1.54, 1.807) is 34.2 Å². The third-order valence-electron chi connectivity index (χ3n) is 5.49. The monoisotopic (exact) mass is 437 g/mol. The average Bonchev–Trinajstić information content (AvgIpc) is 3.35. The first-order valence-corrected chi connectivity index (χ1v) is 11.0. The van der Waals surface area contributed by atoms with Crippen LogP contribution >= 0.6 is 11.3 Å². The quantitative estimate of drug-likeness (QED) is 0.290. The van der Waals surface area contributed by atoms with Gasteiger partial charge in [0.15, 0.2) is 0 Å². The zero-order chi connectivity index (χ0) is 22.2. The van der Waals surface area contributed by atoms with Crippen LogP contribution in [0.4, 0.5) is 5.69 Å². The normalized spacial score (nSPS) is 11.0. The van der Waals surface area contributed by atoms with Gasteiger partial charge < -0.3 is 5.32 Å². The maximum atomic E-state index is 13.1. The van der Waals surface area contributed by atoms with Crippen molar-refractivity contribution in [1.29, 1.82) is 0 Å². The molecule has 2 aromatic carbocycles. The van der Waals surface area contributed by atoms with Crippen molar-refractivity contribution in [1.82, 2.24) is 9.55 Å². The van der Waals surface area contributed by atoms with Crippen molar-refractivity contribution in [3.8, 4) is 16.8 Å². The molecule has 156 valence electrons. The Bertz CT molecular complexity index is 1570. The number of pyridine rings is 2. The molecule has 0 spiro atoms. The molecule has 0 radical (unpaired) electrons. The molecule has 6 heteroatoms. The molecule has 0 aliphatic heterocycles. The van der Waals surface area contributed by atoms with Crippen LogP contribution < -0.4 is 10.9 Å². The molecule has 0 aliphatic rings. The maximum Gasteiger partial charge on any atom is 0.255 e. The number of carbonyl (C=O) groups is 1. The number of nitrogens with one attached hydrogen (secondary N) is 1. The summed E-state index contributed by atoms with van der Waals surface area (Å²) >= 11 is 1.64. The molecule has 5 nitrogen and oxygen atoms in total. The Morgan fingerprint density at radius 2 is 1.97 bits per heavy atom. The smallest absolute Gasteiger partial charge is 0.255 e. The van der Waals surface area contributed by atoms with E-state index in [1.165, 1.54) is 6.08 Å². The number of thiophene rings is 1. The molecule has 0 fully saturated rings. The molecule has 1 amide bonds. The topological polar surface area (TPSA) is 64.0 Å². The van der Waals surface area contributed by atoms with Crippen molar-refractivity contribution in [2.24, 2.45) is 0 Å². The van der Waals surface area contributed by atoms with Crippen molar-refractivity contribution >= 4 is 44.7 Å². The lowest BCUT2D eigenvalue weighted by Crippen LogP contribution is -2.18. The van der Waals surface area contributed by atoms with E-state index in [-0.39, 0.29) is 11.5 Å². The number of hydrogen-bond acceptors (Lipinski definition) is 4. The predicted molar refractivity (Wildman–Crippen MR) is 132 cm³/mol. The zero-order valence-corrected chi connectivity index (χ0v) is 18.1. The molecular formula is C26H19N3O2S. The van der Waals surface area contributed by atoms with E-state index in [9.17, 15) is 9.59 Å². The second-order valence-electron chi connectivity index (χ2n) is 7.51. The fourth-order valence-electron chi connectivity index (χ4n) is 3.84. The molecule has 0 atom stereocenters. The van der Waals surface area contributed by atoms with Crippen molar-refractivity contribution in [3.05, 3.63) is 100 Å². The highest BCUT2D eigenvalue weighted by Gasteiger charge is 2.13. The number of rotatable bonds is 4. The van der Waals surface area contributed by atoms with E-state index < -0.39 is 0 Å². The highest BCUT2D eigenvalue weighted by atomic mass is 32.1. The summed E-state index contributed by atoms with van der Waals surface area (Å²) in [7, 11) is 0. The highest BCUT2D eigenvalue weighted by molar-refractivity contribution is 7.08. The second kappa shape index (κ2) is 7.90. The fraction of sp³-hybridized carbons (Fsp3) is 0.0385. The summed E-state index contributed by atoms with van der Waals surface area (Å²) in [4.78, 5) is 29.6. The van der Waals surface area contributed by atoms with Gasteiger partial charge in [0.05, 0.1) is 16.7 Å². The molecule has 32 heavy (non-hydrogen) atoms. The third kappa shape index (κ3) is 3.40. The largest absolute Gasteiger partial charge is 0.322 e. The number of benzene rings is 2. The molecule has 0 unspecified atom stereocenters. The number of carbonyl (C=O) groups excluding carboxylic acids is 1. The van der Waals surface area contributed by atoms with Gasteiger partial charge in [0, 0.05) is 28.7 Å². The van der Waals surface area contributed by atoms with Gasteiger partial charge >= 0.3 is 0 Å². The van der Waals surface area contributed by atoms with Gasteiger partial charge in [0.2, 0.25) is 5.91 Å². The molecule has 0 aliphatic carbocycles. The van der Waals surface area contributed by atoms with Crippen LogP contribution in [0.25, 0.3) is 38.6 Å². The first-order valence-electron chi connectivity index (χ1n) is 10.1. The van der Waals surface area contributed by atoms with Crippen molar-refractivity contribution in [3.63, 3.8) is 0 Å². The van der Waals surface area contributed by atoms with Crippen LogP contribution in [0.3, 0.4) is 0 Å². The van der Waals surface area contributed by atoms with Crippen molar-refractivity contribution in [2.45, 2.75) is 6.92 Å². The Morgan fingerprint density at radius 1 is 1.09 bits per heavy atom. The van der Waals surface area contributed by atoms with Crippen LogP contribution in [-0.4, -0.2) is 15.5 Å². The molecule has 5 rings (SSSR count). The number of nitrogens with zero attached hydrogens (tertiary/aromatic N) is 2. The van der Waals surface area contributed by atoms with Crippen LogP contribution in [0.1, 0.15) is 5.56 Å². The molecular weight excluding hydrogens is 418 g/mol. The van der Waals surface area contributed by atoms with Crippen LogP contribution in [0, 0.1) is 6.92 Å². The SMILES string of the molecule is C=CC(=O)Nc1cc(-n2c(=O)ccc3cnc4ccc(-c5ccsc5)cc4c32)ccc1C. The van der Waals surface area contributed by atoms with Crippen LogP contribution in [0.15, 0.2) is 89.0 Å². The average molecular weight is 438 g/mol. The van der Waals surface area contributed by atoms with Gasteiger partial charge in [-0.3, -0.25) is 19.1 Å². The predicted octanol–water partition coefficient (Wildman–Crippen LogP) is 5.70. The molecule has 5 aromatic rings. The Hall–Kier alpha value is -4.03. The van der Waals surface area contributed by atoms with Crippen molar-refractivity contribution < 1.29 is 4.79 Å². The lowest BCUT2D eigenvalue weighted by atomic mass is 10.0. The molecule has 3 aromatic heterocycles. The summed E-state index contributed by atoms with van der Waals surface area (Å²) in [5.41, 5.74) is 5.82. The number of amides is 1. The van der Waals surface area contributed by atoms with Gasteiger partial charge in [0.25, 0.3) is 5.56 Å². The van der Waals surface area contributed by atoms with Crippen LogP contribution in [-0.2, 0) is 4.79 Å². The fourth-order valence-corrected chi connectivity index (χ4v) is 4.51. The van der Waals surface area contributed by atoms with Gasteiger partial charge in [-0.2, -0.15) is 11.3 Å². The van der Waals surface area contributed by atoms with E-state index in [0.717, 1.165) is 38.5 Å². The van der Waals surface area contributed by atoms with Gasteiger partial charge in [-0.15, -0.1) is 0 Å². The Kier molecular flexibility index (Phi) is 4.92. The lowest BCUT2D eigenvalue weighted by Gasteiger charge is -2.15. The molecule has 0 saturated carbocycles. The summed E-state index contributed by atoms with van der Waals surface area (Å²) < 4.78 is 1.68. The number of aromatic nitrogens is 2. The van der Waals surface area contributed by atoms with E-state index >= 15 is 0 Å². The Morgan fingerprint density at radius 3 is 2.75 bits per heavy atom. The van der Waals surface area contributed by atoms with E-state index in [1.807, 2.05) is 42.6 Å². The number of anilines is 1. The maximum absolute atomic E-state index is 13.1. The van der Waals surface area contributed by atoms with Crippen molar-refractivity contribution in [2.75, 3.05) is 5.32 Å². The number of aryl methyl sites for hydroxylation is 1. The summed E-state index contributed by atoms with van der Waals surface area (Å²) in [6.07, 6.45) is 3.01. The second-order valence-corrected chi connectivity index (χ2v) is 8.29. The lowest BCUT2D eigenvalue weighted by molar-refractivity contribution is -0.111. The number of fused-ring (bicyclic) bond motifs is 3. The van der Waals surface area contributed by atoms with Gasteiger partial charge in [0.1, 0.15) is 0 Å². The molecule has 3 heterocycles. The van der Waals surface area contributed by atoms with E-state index in [0.29, 0.717) is 11.4 Å². The minimum absolute atomic E-state index is 0.157. The molecule has 0 bridgehead atoms. The zero-order valence-electron chi connectivity index (χ0n) is 17.3. The Balaban J connectivity index is 1.81. The minimum atomic E-state index is -0.300. The first-order chi connectivity index (χ1) is 15.5.